The van der Waals surface area contributed by atoms with E-state index in [9.17, 15) is 0 Å². The van der Waals surface area contributed by atoms with Crippen molar-refractivity contribution in [3.63, 3.8) is 0 Å². The minimum atomic E-state index is 1.14. The van der Waals surface area contributed by atoms with E-state index in [-0.39, 0.29) is 0 Å². The van der Waals surface area contributed by atoms with Crippen molar-refractivity contribution < 1.29 is 0 Å². The molecule has 0 bridgehead atoms. The molecule has 0 saturated carbocycles. The zero-order valence-corrected chi connectivity index (χ0v) is 27.5. The Morgan fingerprint density at radius 1 is 0.354 bits per heavy atom. The molecule has 2 saturated heterocycles. The van der Waals surface area contributed by atoms with E-state index in [0.717, 1.165) is 26.2 Å². The van der Waals surface area contributed by atoms with Crippen LogP contribution in [0.3, 0.4) is 0 Å². The molecule has 234 valence electrons. The highest BCUT2D eigenvalue weighted by molar-refractivity contribution is 6.29. The van der Waals surface area contributed by atoms with Gasteiger partial charge in [0.25, 0.3) is 0 Å². The molecular weight excluding hydrogens is 581 g/mol. The van der Waals surface area contributed by atoms with Gasteiger partial charge in [-0.1, -0.05) is 97.1 Å². The molecule has 0 spiro atoms. The molecule has 0 radical (unpaired) electrons. The Bertz CT molecular complexity index is 2450. The van der Waals surface area contributed by atoms with E-state index in [1.165, 1.54) is 126 Å². The average Bonchev–Trinajstić information content (AvgIpc) is 3.16. The SMILES string of the molecule is c1ccc(-c2c3cc(N4CCCCC4)ccc3c(-c3ccc4ccc5cccc6ccc3c4c56)c3cc(N4CCCCC4)ccc23)cc1. The first-order valence-electron chi connectivity index (χ1n) is 18.1. The van der Waals surface area contributed by atoms with Gasteiger partial charge in [0, 0.05) is 37.6 Å². The zero-order chi connectivity index (χ0) is 31.6. The second kappa shape index (κ2) is 11.3. The van der Waals surface area contributed by atoms with Gasteiger partial charge >= 0.3 is 0 Å². The van der Waals surface area contributed by atoms with Gasteiger partial charge in [-0.05, 0) is 139 Å². The summed E-state index contributed by atoms with van der Waals surface area (Å²) in [7, 11) is 0. The van der Waals surface area contributed by atoms with Crippen LogP contribution in [-0.4, -0.2) is 26.2 Å². The van der Waals surface area contributed by atoms with Gasteiger partial charge in [-0.15, -0.1) is 0 Å². The monoisotopic (exact) mass is 620 g/mol. The molecule has 2 fully saturated rings. The van der Waals surface area contributed by atoms with Crippen LogP contribution in [0.5, 0.6) is 0 Å². The number of hydrogen-bond acceptors (Lipinski definition) is 2. The number of anilines is 2. The molecule has 0 amide bonds. The summed E-state index contributed by atoms with van der Waals surface area (Å²) in [5.74, 6) is 0. The van der Waals surface area contributed by atoms with Crippen molar-refractivity contribution in [1.29, 1.82) is 0 Å². The Labute approximate surface area is 282 Å². The van der Waals surface area contributed by atoms with E-state index in [1.54, 1.807) is 0 Å². The van der Waals surface area contributed by atoms with Gasteiger partial charge in [0.2, 0.25) is 0 Å². The Hall–Kier alpha value is -5.08. The third-order valence-electron chi connectivity index (χ3n) is 11.4. The van der Waals surface area contributed by atoms with E-state index < -0.39 is 0 Å². The summed E-state index contributed by atoms with van der Waals surface area (Å²) in [5.41, 5.74) is 8.04. The van der Waals surface area contributed by atoms with Crippen LogP contribution >= 0.6 is 0 Å². The van der Waals surface area contributed by atoms with E-state index in [4.69, 9.17) is 0 Å². The first-order chi connectivity index (χ1) is 23.8. The molecule has 8 aromatic rings. The van der Waals surface area contributed by atoms with E-state index in [0.29, 0.717) is 0 Å². The lowest BCUT2D eigenvalue weighted by molar-refractivity contribution is 0.578. The van der Waals surface area contributed by atoms with E-state index in [2.05, 4.69) is 131 Å². The summed E-state index contributed by atoms with van der Waals surface area (Å²) < 4.78 is 0. The largest absolute Gasteiger partial charge is 0.372 e. The first kappa shape index (κ1) is 28.0. The van der Waals surface area contributed by atoms with Crippen molar-refractivity contribution in [2.24, 2.45) is 0 Å². The van der Waals surface area contributed by atoms with Crippen LogP contribution in [0.4, 0.5) is 11.4 Å². The van der Waals surface area contributed by atoms with Gasteiger partial charge in [0.1, 0.15) is 0 Å². The minimum Gasteiger partial charge on any atom is -0.372 e. The molecule has 2 aliphatic rings. The number of rotatable bonds is 4. The van der Waals surface area contributed by atoms with Crippen LogP contribution in [0, 0.1) is 0 Å². The normalized spacial score (nSPS) is 15.8. The standard InChI is InChI=1S/C46H40N2/c1-4-11-31(12-5-1)44-39-23-19-36(48-27-8-3-9-28-48)30-42(39)46(40-24-20-35(29-41(40)44)47-25-6-2-7-26-47)38-22-18-34-16-15-32-13-10-14-33-17-21-37(38)45(34)43(32)33/h1,4-5,10-24,29-30H,2-3,6-9,25-28H2. The molecule has 10 rings (SSSR count). The maximum atomic E-state index is 2.61. The van der Waals surface area contributed by atoms with Crippen LogP contribution in [0.25, 0.3) is 76.1 Å². The quantitative estimate of drug-likeness (QED) is 0.143. The molecule has 48 heavy (non-hydrogen) atoms. The predicted octanol–water partition coefficient (Wildman–Crippen LogP) is 12.2. The third-order valence-corrected chi connectivity index (χ3v) is 11.4. The van der Waals surface area contributed by atoms with Crippen LogP contribution < -0.4 is 9.80 Å². The summed E-state index contributed by atoms with van der Waals surface area (Å²) in [6.45, 7) is 4.55. The summed E-state index contributed by atoms with van der Waals surface area (Å²) >= 11 is 0. The summed E-state index contributed by atoms with van der Waals surface area (Å²) in [6, 6.07) is 46.7. The van der Waals surface area contributed by atoms with Crippen molar-refractivity contribution in [2.75, 3.05) is 36.0 Å². The molecule has 0 atom stereocenters. The molecular formula is C46H40N2. The van der Waals surface area contributed by atoms with Crippen LogP contribution in [0.15, 0.2) is 121 Å². The number of benzene rings is 8. The topological polar surface area (TPSA) is 6.48 Å². The zero-order valence-electron chi connectivity index (χ0n) is 27.5. The maximum absolute atomic E-state index is 2.61. The maximum Gasteiger partial charge on any atom is 0.0372 e. The smallest absolute Gasteiger partial charge is 0.0372 e. The van der Waals surface area contributed by atoms with Gasteiger partial charge in [-0.3, -0.25) is 0 Å². The molecule has 2 aliphatic heterocycles. The lowest BCUT2D eigenvalue weighted by Gasteiger charge is -2.30. The lowest BCUT2D eigenvalue weighted by atomic mass is 9.83. The van der Waals surface area contributed by atoms with Crippen molar-refractivity contribution in [1.82, 2.24) is 0 Å². The van der Waals surface area contributed by atoms with Gasteiger partial charge < -0.3 is 9.80 Å². The summed E-state index contributed by atoms with van der Waals surface area (Å²) in [6.07, 6.45) is 7.75. The van der Waals surface area contributed by atoms with Gasteiger partial charge in [-0.2, -0.15) is 0 Å². The second-order valence-electron chi connectivity index (χ2n) is 14.1. The number of hydrogen-bond donors (Lipinski definition) is 0. The van der Waals surface area contributed by atoms with Gasteiger partial charge in [0.05, 0.1) is 0 Å². The van der Waals surface area contributed by atoms with E-state index >= 15 is 0 Å². The Balaban J connectivity index is 1.34. The van der Waals surface area contributed by atoms with Crippen molar-refractivity contribution in [3.05, 3.63) is 121 Å². The summed E-state index contributed by atoms with van der Waals surface area (Å²) in [5, 5.41) is 13.4. The van der Waals surface area contributed by atoms with Gasteiger partial charge in [0.15, 0.2) is 0 Å². The lowest BCUT2D eigenvalue weighted by Crippen LogP contribution is -2.29. The van der Waals surface area contributed by atoms with Crippen molar-refractivity contribution in [2.45, 2.75) is 38.5 Å². The Kier molecular flexibility index (Phi) is 6.57. The molecule has 0 aromatic heterocycles. The molecule has 0 unspecified atom stereocenters. The van der Waals surface area contributed by atoms with Gasteiger partial charge in [-0.25, -0.2) is 0 Å². The number of piperidine rings is 2. The predicted molar refractivity (Wildman–Crippen MR) is 208 cm³/mol. The third kappa shape index (κ3) is 4.39. The van der Waals surface area contributed by atoms with Crippen LogP contribution in [0.2, 0.25) is 0 Å². The fraction of sp³-hybridized carbons (Fsp3) is 0.217. The highest BCUT2D eigenvalue weighted by atomic mass is 15.1. The fourth-order valence-corrected chi connectivity index (χ4v) is 9.06. The first-order valence-corrected chi connectivity index (χ1v) is 18.1. The molecule has 0 N–H and O–H groups in total. The molecule has 8 aromatic carbocycles. The van der Waals surface area contributed by atoms with Crippen molar-refractivity contribution in [3.8, 4) is 22.3 Å². The summed E-state index contributed by atoms with van der Waals surface area (Å²) in [4.78, 5) is 5.22. The van der Waals surface area contributed by atoms with Crippen LogP contribution in [0.1, 0.15) is 38.5 Å². The fourth-order valence-electron chi connectivity index (χ4n) is 9.06. The highest BCUT2D eigenvalue weighted by Crippen LogP contribution is 2.49. The molecule has 2 heterocycles. The number of fused-ring (bicyclic) bond motifs is 2. The Morgan fingerprint density at radius 2 is 0.875 bits per heavy atom. The molecule has 2 nitrogen and oxygen atoms in total. The average molecular weight is 621 g/mol. The van der Waals surface area contributed by atoms with Crippen molar-refractivity contribution >= 4 is 65.2 Å². The second-order valence-corrected chi connectivity index (χ2v) is 14.1. The molecule has 0 aliphatic carbocycles. The van der Waals surface area contributed by atoms with Crippen LogP contribution in [-0.2, 0) is 0 Å². The number of nitrogens with zero attached hydrogens (tertiary/aromatic N) is 2. The minimum absolute atomic E-state index is 1.14. The highest BCUT2D eigenvalue weighted by Gasteiger charge is 2.23. The Morgan fingerprint density at radius 3 is 1.52 bits per heavy atom. The van der Waals surface area contributed by atoms with E-state index in [1.807, 2.05) is 0 Å². The molecule has 2 heteroatoms.